The number of Topliss-reactive ketones (excluding diaryl/α,β-unsaturated/α-hetero) is 1. The highest BCUT2D eigenvalue weighted by Gasteiger charge is 2.15. The van der Waals surface area contributed by atoms with Gasteiger partial charge in [0.05, 0.1) is 0 Å². The van der Waals surface area contributed by atoms with Gasteiger partial charge in [-0.05, 0) is 6.42 Å². The fourth-order valence-corrected chi connectivity index (χ4v) is 1.47. The van der Waals surface area contributed by atoms with E-state index in [2.05, 4.69) is 11.4 Å². The molecule has 2 N–H and O–H groups in total. The van der Waals surface area contributed by atoms with Crippen LogP contribution in [0.15, 0.2) is 0 Å². The van der Waals surface area contributed by atoms with Crippen molar-refractivity contribution in [2.24, 2.45) is 0 Å². The number of phosphoric ester groups is 1. The van der Waals surface area contributed by atoms with Crippen LogP contribution in [0.5, 0.6) is 0 Å². The third-order valence-electron chi connectivity index (χ3n) is 1.95. The lowest BCUT2D eigenvalue weighted by Crippen LogP contribution is -2.06. The van der Waals surface area contributed by atoms with E-state index in [0.717, 1.165) is 32.1 Å². The molecule has 0 aliphatic carbocycles. The van der Waals surface area contributed by atoms with E-state index in [1.54, 1.807) is 0 Å². The largest absolute Gasteiger partial charge is 0.470 e. The van der Waals surface area contributed by atoms with E-state index in [1.807, 2.05) is 0 Å². The van der Waals surface area contributed by atoms with Crippen molar-refractivity contribution in [2.45, 2.75) is 45.4 Å². The molecule has 0 unspecified atom stereocenters. The van der Waals surface area contributed by atoms with Crippen LogP contribution in [0, 0.1) is 0 Å². The minimum absolute atomic E-state index is 0.255. The number of ketones is 1. The minimum atomic E-state index is -4.49. The molecule has 15 heavy (non-hydrogen) atoms. The summed E-state index contributed by atoms with van der Waals surface area (Å²) in [5.41, 5.74) is 0. The van der Waals surface area contributed by atoms with E-state index in [4.69, 9.17) is 9.79 Å². The molecule has 0 aromatic rings. The minimum Gasteiger partial charge on any atom is -0.303 e. The fraction of sp³-hybridized carbons (Fsp3) is 0.889. The zero-order valence-corrected chi connectivity index (χ0v) is 9.91. The van der Waals surface area contributed by atoms with Gasteiger partial charge in [-0.2, -0.15) is 0 Å². The Balaban J connectivity index is 3.38. The highest BCUT2D eigenvalue weighted by Crippen LogP contribution is 2.35. The molecule has 0 spiro atoms. The first-order valence-electron chi connectivity index (χ1n) is 5.17. The van der Waals surface area contributed by atoms with E-state index < -0.39 is 14.4 Å². The van der Waals surface area contributed by atoms with E-state index in [0.29, 0.717) is 6.42 Å². The van der Waals surface area contributed by atoms with Gasteiger partial charge in [-0.25, -0.2) is 4.57 Å². The first kappa shape index (κ1) is 14.8. The number of carbonyl (C=O) groups excluding carboxylic acids is 1. The van der Waals surface area contributed by atoms with Crippen molar-refractivity contribution in [2.75, 3.05) is 6.61 Å². The molecular weight excluding hydrogens is 219 g/mol. The van der Waals surface area contributed by atoms with Crippen LogP contribution < -0.4 is 0 Å². The van der Waals surface area contributed by atoms with E-state index in [1.165, 1.54) is 0 Å². The van der Waals surface area contributed by atoms with E-state index in [9.17, 15) is 9.36 Å². The van der Waals surface area contributed by atoms with Crippen LogP contribution in [-0.2, 0) is 13.9 Å². The molecule has 5 nitrogen and oxygen atoms in total. The Labute approximate surface area is 90.1 Å². The summed E-state index contributed by atoms with van der Waals surface area (Å²) in [5.74, 6) is -0.255. The number of hydrogen-bond donors (Lipinski definition) is 2. The Morgan fingerprint density at radius 1 is 1.20 bits per heavy atom. The molecule has 0 aromatic heterocycles. The molecule has 6 heteroatoms. The molecule has 0 amide bonds. The maximum atomic E-state index is 11.1. The summed E-state index contributed by atoms with van der Waals surface area (Å²) < 4.78 is 14.4. The SMILES string of the molecule is CCCCCCCC(=O)COP(=O)(O)O. The molecule has 0 aromatic carbocycles. The second-order valence-electron chi connectivity index (χ2n) is 3.47. The molecule has 0 aliphatic heterocycles. The summed E-state index contributed by atoms with van der Waals surface area (Å²) in [6, 6.07) is 0. The third kappa shape index (κ3) is 11.7. The second kappa shape index (κ2) is 7.99. The Hall–Kier alpha value is -0.220. The van der Waals surface area contributed by atoms with Crippen LogP contribution in [-0.4, -0.2) is 22.2 Å². The monoisotopic (exact) mass is 238 g/mol. The Morgan fingerprint density at radius 3 is 2.33 bits per heavy atom. The molecule has 0 bridgehead atoms. The molecule has 0 atom stereocenters. The van der Waals surface area contributed by atoms with Crippen LogP contribution in [0.4, 0.5) is 0 Å². The average Bonchev–Trinajstić information content (AvgIpc) is 2.13. The van der Waals surface area contributed by atoms with Crippen molar-refractivity contribution in [1.29, 1.82) is 0 Å². The van der Waals surface area contributed by atoms with Crippen molar-refractivity contribution in [3.63, 3.8) is 0 Å². The van der Waals surface area contributed by atoms with Crippen molar-refractivity contribution < 1.29 is 23.7 Å². The topological polar surface area (TPSA) is 83.8 Å². The van der Waals surface area contributed by atoms with Gasteiger partial charge in [0, 0.05) is 6.42 Å². The normalized spacial score (nSPS) is 11.7. The Morgan fingerprint density at radius 2 is 1.80 bits per heavy atom. The lowest BCUT2D eigenvalue weighted by atomic mass is 10.1. The highest BCUT2D eigenvalue weighted by molar-refractivity contribution is 7.46. The van der Waals surface area contributed by atoms with Gasteiger partial charge in [0.25, 0.3) is 0 Å². The zero-order valence-electron chi connectivity index (χ0n) is 9.02. The summed E-state index contributed by atoms with van der Waals surface area (Å²) in [7, 11) is -4.49. The highest BCUT2D eigenvalue weighted by atomic mass is 31.2. The van der Waals surface area contributed by atoms with Gasteiger partial charge in [-0.15, -0.1) is 0 Å². The smallest absolute Gasteiger partial charge is 0.303 e. The molecule has 0 heterocycles. The average molecular weight is 238 g/mol. The lowest BCUT2D eigenvalue weighted by Gasteiger charge is -2.04. The van der Waals surface area contributed by atoms with Crippen molar-refractivity contribution in [3.8, 4) is 0 Å². The number of rotatable bonds is 9. The Kier molecular flexibility index (Phi) is 7.88. The van der Waals surface area contributed by atoms with Gasteiger partial charge in [0.1, 0.15) is 6.61 Å². The summed E-state index contributed by atoms with van der Waals surface area (Å²) >= 11 is 0. The summed E-state index contributed by atoms with van der Waals surface area (Å²) in [5, 5.41) is 0. The molecule has 0 rings (SSSR count). The van der Waals surface area contributed by atoms with Crippen LogP contribution in [0.25, 0.3) is 0 Å². The molecule has 0 fully saturated rings. The second-order valence-corrected chi connectivity index (χ2v) is 4.71. The van der Waals surface area contributed by atoms with Crippen molar-refractivity contribution in [3.05, 3.63) is 0 Å². The van der Waals surface area contributed by atoms with Crippen LogP contribution in [0.1, 0.15) is 45.4 Å². The Bertz CT molecular complexity index is 223. The van der Waals surface area contributed by atoms with E-state index in [-0.39, 0.29) is 5.78 Å². The number of phosphoric acid groups is 1. The fourth-order valence-electron chi connectivity index (χ4n) is 1.15. The van der Waals surface area contributed by atoms with Gasteiger partial charge < -0.3 is 9.79 Å². The number of carbonyl (C=O) groups is 1. The van der Waals surface area contributed by atoms with Gasteiger partial charge in [-0.1, -0.05) is 32.6 Å². The molecule has 90 valence electrons. The summed E-state index contributed by atoms with van der Waals surface area (Å²) in [4.78, 5) is 27.7. The standard InChI is InChI=1S/C9H19O5P/c1-2-3-4-5-6-7-9(10)8-14-15(11,12)13/h2-8H2,1H3,(H2,11,12,13). The van der Waals surface area contributed by atoms with Crippen molar-refractivity contribution >= 4 is 13.6 Å². The van der Waals surface area contributed by atoms with Gasteiger partial charge >= 0.3 is 7.82 Å². The number of hydrogen-bond acceptors (Lipinski definition) is 3. The molecule has 0 aliphatic rings. The molecule has 0 saturated heterocycles. The predicted molar refractivity (Wildman–Crippen MR) is 56.4 cm³/mol. The molecule has 0 radical (unpaired) electrons. The first-order valence-corrected chi connectivity index (χ1v) is 6.70. The third-order valence-corrected chi connectivity index (χ3v) is 2.42. The zero-order chi connectivity index (χ0) is 11.7. The van der Waals surface area contributed by atoms with Crippen LogP contribution >= 0.6 is 7.82 Å². The van der Waals surface area contributed by atoms with Crippen LogP contribution in [0.2, 0.25) is 0 Å². The molecule has 0 saturated carbocycles. The first-order chi connectivity index (χ1) is 6.95. The lowest BCUT2D eigenvalue weighted by molar-refractivity contribution is -0.121. The van der Waals surface area contributed by atoms with Gasteiger partial charge in [0.2, 0.25) is 0 Å². The van der Waals surface area contributed by atoms with Gasteiger partial charge in [0.15, 0.2) is 5.78 Å². The number of unbranched alkanes of at least 4 members (excludes halogenated alkanes) is 4. The predicted octanol–water partition coefficient (Wildman–Crippen LogP) is 2.03. The summed E-state index contributed by atoms with van der Waals surface area (Å²) in [6.07, 6.45) is 5.49. The van der Waals surface area contributed by atoms with Gasteiger partial charge in [-0.3, -0.25) is 9.32 Å². The summed E-state index contributed by atoms with van der Waals surface area (Å²) in [6.45, 7) is 1.62. The molecular formula is C9H19O5P. The quantitative estimate of drug-likeness (QED) is 0.474. The van der Waals surface area contributed by atoms with Crippen molar-refractivity contribution in [1.82, 2.24) is 0 Å². The van der Waals surface area contributed by atoms with E-state index >= 15 is 0 Å². The van der Waals surface area contributed by atoms with Crippen LogP contribution in [0.3, 0.4) is 0 Å². The maximum absolute atomic E-state index is 11.1. The maximum Gasteiger partial charge on any atom is 0.470 e.